The minimum atomic E-state index is 0.519. The Morgan fingerprint density at radius 2 is 2.00 bits per heavy atom. The Bertz CT molecular complexity index is 333. The highest BCUT2D eigenvalue weighted by Gasteiger charge is 2.25. The van der Waals surface area contributed by atoms with E-state index in [0.29, 0.717) is 5.41 Å². The van der Waals surface area contributed by atoms with Gasteiger partial charge in [-0.25, -0.2) is 0 Å². The lowest BCUT2D eigenvalue weighted by molar-refractivity contribution is 0.126. The molecule has 88 valence electrons. The highest BCUT2D eigenvalue weighted by Crippen LogP contribution is 2.30. The summed E-state index contributed by atoms with van der Waals surface area (Å²) < 4.78 is 0. The second-order valence-electron chi connectivity index (χ2n) is 5.52. The number of hydrogen-bond donors (Lipinski definition) is 1. The van der Waals surface area contributed by atoms with Crippen LogP contribution in [0.1, 0.15) is 32.4 Å². The molecule has 0 spiro atoms. The van der Waals surface area contributed by atoms with Crippen LogP contribution in [0.2, 0.25) is 0 Å². The van der Waals surface area contributed by atoms with E-state index in [9.17, 15) is 0 Å². The average Bonchev–Trinajstić information content (AvgIpc) is 2.24. The largest absolute Gasteiger partial charge is 0.397 e. The van der Waals surface area contributed by atoms with Gasteiger partial charge in [0.1, 0.15) is 0 Å². The topological polar surface area (TPSA) is 42.1 Å². The van der Waals surface area contributed by atoms with E-state index in [2.05, 4.69) is 23.7 Å². The molecule has 0 aromatic carbocycles. The maximum absolute atomic E-state index is 5.62. The van der Waals surface area contributed by atoms with Gasteiger partial charge in [0, 0.05) is 6.54 Å². The van der Waals surface area contributed by atoms with Gasteiger partial charge in [0.25, 0.3) is 0 Å². The van der Waals surface area contributed by atoms with E-state index >= 15 is 0 Å². The summed E-state index contributed by atoms with van der Waals surface area (Å²) in [5, 5.41) is 0. The van der Waals surface area contributed by atoms with Crippen molar-refractivity contribution in [3.63, 3.8) is 0 Å². The van der Waals surface area contributed by atoms with E-state index in [0.717, 1.165) is 17.9 Å². The first-order chi connectivity index (χ1) is 7.55. The molecular weight excluding hydrogens is 198 g/mol. The second-order valence-corrected chi connectivity index (χ2v) is 5.52. The Morgan fingerprint density at radius 1 is 1.31 bits per heavy atom. The molecule has 16 heavy (non-hydrogen) atoms. The van der Waals surface area contributed by atoms with Crippen LogP contribution >= 0.6 is 0 Å². The smallest absolute Gasteiger partial charge is 0.0545 e. The number of nitrogen functional groups attached to an aromatic ring is 1. The van der Waals surface area contributed by atoms with Gasteiger partial charge in [-0.3, -0.25) is 9.88 Å². The number of hydrogen-bond acceptors (Lipinski definition) is 3. The third-order valence-corrected chi connectivity index (χ3v) is 3.44. The SMILES string of the molecule is CC1(C)CCN(Cc2ccc(N)cn2)CC1. The van der Waals surface area contributed by atoms with E-state index in [1.54, 1.807) is 6.20 Å². The molecule has 2 rings (SSSR count). The summed E-state index contributed by atoms with van der Waals surface area (Å²) in [5.74, 6) is 0. The summed E-state index contributed by atoms with van der Waals surface area (Å²) in [6, 6.07) is 3.95. The Kier molecular flexibility index (Phi) is 3.15. The number of pyridine rings is 1. The lowest BCUT2D eigenvalue weighted by Crippen LogP contribution is -2.36. The van der Waals surface area contributed by atoms with Crippen LogP contribution in [0.25, 0.3) is 0 Å². The Hall–Kier alpha value is -1.09. The van der Waals surface area contributed by atoms with Crippen molar-refractivity contribution in [3.05, 3.63) is 24.0 Å². The number of nitrogens with two attached hydrogens (primary N) is 1. The van der Waals surface area contributed by atoms with Gasteiger partial charge in [0.15, 0.2) is 0 Å². The van der Waals surface area contributed by atoms with Crippen molar-refractivity contribution < 1.29 is 0 Å². The molecule has 0 bridgehead atoms. The van der Waals surface area contributed by atoms with Crippen molar-refractivity contribution in [1.29, 1.82) is 0 Å². The maximum Gasteiger partial charge on any atom is 0.0545 e. The predicted molar refractivity (Wildman–Crippen MR) is 66.9 cm³/mol. The number of piperidine rings is 1. The van der Waals surface area contributed by atoms with Crippen LogP contribution in [0, 0.1) is 5.41 Å². The summed E-state index contributed by atoms with van der Waals surface area (Å²) in [6.45, 7) is 8.02. The first-order valence-electron chi connectivity index (χ1n) is 5.98. The van der Waals surface area contributed by atoms with Gasteiger partial charge in [-0.05, 0) is 43.5 Å². The number of likely N-dealkylation sites (tertiary alicyclic amines) is 1. The van der Waals surface area contributed by atoms with E-state index in [1.807, 2.05) is 12.1 Å². The number of rotatable bonds is 2. The Morgan fingerprint density at radius 3 is 2.56 bits per heavy atom. The van der Waals surface area contributed by atoms with Crippen molar-refractivity contribution in [2.24, 2.45) is 5.41 Å². The van der Waals surface area contributed by atoms with Crippen molar-refractivity contribution >= 4 is 5.69 Å². The monoisotopic (exact) mass is 219 g/mol. The maximum atomic E-state index is 5.62. The van der Waals surface area contributed by atoms with Crippen molar-refractivity contribution in [2.45, 2.75) is 33.2 Å². The summed E-state index contributed by atoms with van der Waals surface area (Å²) in [4.78, 5) is 6.82. The third-order valence-electron chi connectivity index (χ3n) is 3.44. The number of anilines is 1. The van der Waals surface area contributed by atoms with Gasteiger partial charge >= 0.3 is 0 Å². The van der Waals surface area contributed by atoms with E-state index in [-0.39, 0.29) is 0 Å². The van der Waals surface area contributed by atoms with E-state index in [1.165, 1.54) is 25.9 Å². The first kappa shape index (κ1) is 11.4. The third kappa shape index (κ3) is 2.95. The zero-order chi connectivity index (χ0) is 11.6. The van der Waals surface area contributed by atoms with Crippen LogP contribution in [0.3, 0.4) is 0 Å². The zero-order valence-electron chi connectivity index (χ0n) is 10.2. The fourth-order valence-corrected chi connectivity index (χ4v) is 2.08. The molecule has 0 radical (unpaired) electrons. The zero-order valence-corrected chi connectivity index (χ0v) is 10.2. The summed E-state index contributed by atoms with van der Waals surface area (Å²) >= 11 is 0. The molecule has 0 aliphatic carbocycles. The molecule has 1 aliphatic heterocycles. The summed E-state index contributed by atoms with van der Waals surface area (Å²) in [7, 11) is 0. The molecule has 1 aliphatic rings. The van der Waals surface area contributed by atoms with Crippen LogP contribution in [0.15, 0.2) is 18.3 Å². The molecule has 1 aromatic rings. The lowest BCUT2D eigenvalue weighted by Gasteiger charge is -2.36. The first-order valence-corrected chi connectivity index (χ1v) is 5.98. The van der Waals surface area contributed by atoms with Crippen LogP contribution in [0.5, 0.6) is 0 Å². The predicted octanol–water partition coefficient (Wildman–Crippen LogP) is 2.29. The standard InChI is InChI=1S/C13H21N3/c1-13(2)5-7-16(8-6-13)10-12-4-3-11(14)9-15-12/h3-4,9H,5-8,10,14H2,1-2H3. The van der Waals surface area contributed by atoms with Crippen LogP contribution in [0.4, 0.5) is 5.69 Å². The van der Waals surface area contributed by atoms with E-state index < -0.39 is 0 Å². The quantitative estimate of drug-likeness (QED) is 0.829. The van der Waals surface area contributed by atoms with Gasteiger partial charge in [0.2, 0.25) is 0 Å². The average molecular weight is 219 g/mol. The highest BCUT2D eigenvalue weighted by molar-refractivity contribution is 5.34. The highest BCUT2D eigenvalue weighted by atomic mass is 15.1. The minimum Gasteiger partial charge on any atom is -0.397 e. The molecule has 0 atom stereocenters. The van der Waals surface area contributed by atoms with Gasteiger partial charge in [-0.15, -0.1) is 0 Å². The van der Waals surface area contributed by atoms with E-state index in [4.69, 9.17) is 5.73 Å². The fraction of sp³-hybridized carbons (Fsp3) is 0.615. The molecule has 0 amide bonds. The van der Waals surface area contributed by atoms with Crippen LogP contribution in [-0.2, 0) is 6.54 Å². The van der Waals surface area contributed by atoms with Gasteiger partial charge in [-0.1, -0.05) is 13.8 Å². The molecular formula is C13H21N3. The molecule has 3 heteroatoms. The van der Waals surface area contributed by atoms with Gasteiger partial charge in [0.05, 0.1) is 17.6 Å². The van der Waals surface area contributed by atoms with Crippen molar-refractivity contribution in [3.8, 4) is 0 Å². The molecule has 2 heterocycles. The number of aromatic nitrogens is 1. The van der Waals surface area contributed by atoms with Gasteiger partial charge in [-0.2, -0.15) is 0 Å². The van der Waals surface area contributed by atoms with Crippen LogP contribution < -0.4 is 5.73 Å². The Balaban J connectivity index is 1.89. The van der Waals surface area contributed by atoms with Crippen molar-refractivity contribution in [1.82, 2.24) is 9.88 Å². The normalized spacial score (nSPS) is 20.9. The molecule has 1 aromatic heterocycles. The second kappa shape index (κ2) is 4.42. The Labute approximate surface area is 97.7 Å². The minimum absolute atomic E-state index is 0.519. The van der Waals surface area contributed by atoms with Crippen LogP contribution in [-0.4, -0.2) is 23.0 Å². The molecule has 1 fully saturated rings. The lowest BCUT2D eigenvalue weighted by atomic mass is 9.83. The fourth-order valence-electron chi connectivity index (χ4n) is 2.08. The summed E-state index contributed by atoms with van der Waals surface area (Å²) in [5.41, 5.74) is 8.00. The molecule has 2 N–H and O–H groups in total. The van der Waals surface area contributed by atoms with Gasteiger partial charge < -0.3 is 5.73 Å². The van der Waals surface area contributed by atoms with Crippen molar-refractivity contribution in [2.75, 3.05) is 18.8 Å². The molecule has 0 unspecified atom stereocenters. The number of nitrogens with zero attached hydrogens (tertiary/aromatic N) is 2. The molecule has 1 saturated heterocycles. The molecule has 0 saturated carbocycles. The summed E-state index contributed by atoms with van der Waals surface area (Å²) in [6.07, 6.45) is 4.30. The molecule has 3 nitrogen and oxygen atoms in total.